The predicted octanol–water partition coefficient (Wildman–Crippen LogP) is 4.21. The first-order valence-corrected chi connectivity index (χ1v) is 7.32. The summed E-state index contributed by atoms with van der Waals surface area (Å²) in [4.78, 5) is 24.0. The fourth-order valence-corrected chi connectivity index (χ4v) is 2.94. The summed E-state index contributed by atoms with van der Waals surface area (Å²) in [6, 6.07) is 12.8. The van der Waals surface area contributed by atoms with Crippen molar-refractivity contribution in [3.05, 3.63) is 69.0 Å². The van der Waals surface area contributed by atoms with E-state index in [1.807, 2.05) is 30.3 Å². The SMILES string of the molecule is COC(=O)c1c(C)c2c(-c3ccccc3)c(Cl)ccc2oc1=O. The van der Waals surface area contributed by atoms with Gasteiger partial charge in [-0.15, -0.1) is 0 Å². The van der Waals surface area contributed by atoms with Crippen LogP contribution < -0.4 is 5.63 Å². The Morgan fingerprint density at radius 1 is 1.13 bits per heavy atom. The van der Waals surface area contributed by atoms with E-state index >= 15 is 0 Å². The van der Waals surface area contributed by atoms with Crippen LogP contribution >= 0.6 is 11.6 Å². The Balaban J connectivity index is 2.48. The van der Waals surface area contributed by atoms with Crippen molar-refractivity contribution in [1.29, 1.82) is 0 Å². The second kappa shape index (κ2) is 5.89. The van der Waals surface area contributed by atoms with Crippen LogP contribution in [0.4, 0.5) is 0 Å². The van der Waals surface area contributed by atoms with Crippen LogP contribution in [-0.2, 0) is 4.74 Å². The van der Waals surface area contributed by atoms with Gasteiger partial charge in [0, 0.05) is 16.0 Å². The second-order valence-electron chi connectivity index (χ2n) is 5.04. The molecule has 0 spiro atoms. The van der Waals surface area contributed by atoms with Crippen LogP contribution in [0.25, 0.3) is 22.1 Å². The van der Waals surface area contributed by atoms with E-state index in [9.17, 15) is 9.59 Å². The Morgan fingerprint density at radius 2 is 1.83 bits per heavy atom. The van der Waals surface area contributed by atoms with E-state index in [1.54, 1.807) is 19.1 Å². The van der Waals surface area contributed by atoms with Crippen molar-refractivity contribution in [3.8, 4) is 11.1 Å². The summed E-state index contributed by atoms with van der Waals surface area (Å²) >= 11 is 6.38. The number of fused-ring (bicyclic) bond motifs is 1. The van der Waals surface area contributed by atoms with Gasteiger partial charge in [-0.1, -0.05) is 41.9 Å². The van der Waals surface area contributed by atoms with Crippen LogP contribution in [0.5, 0.6) is 0 Å². The fraction of sp³-hybridized carbons (Fsp3) is 0.111. The maximum absolute atomic E-state index is 12.1. The average molecular weight is 329 g/mol. The third-order valence-electron chi connectivity index (χ3n) is 3.73. The number of esters is 1. The molecule has 0 aliphatic rings. The number of hydrogen-bond donors (Lipinski definition) is 0. The minimum atomic E-state index is -0.725. The highest BCUT2D eigenvalue weighted by Gasteiger charge is 2.22. The molecule has 0 unspecified atom stereocenters. The topological polar surface area (TPSA) is 56.5 Å². The Kier molecular flexibility index (Phi) is 3.92. The van der Waals surface area contributed by atoms with Gasteiger partial charge < -0.3 is 9.15 Å². The number of carbonyl (C=O) groups excluding carboxylic acids is 1. The summed E-state index contributed by atoms with van der Waals surface area (Å²) in [5.41, 5.74) is 1.63. The van der Waals surface area contributed by atoms with E-state index in [1.165, 1.54) is 7.11 Å². The molecule has 0 N–H and O–H groups in total. The number of benzene rings is 2. The summed E-state index contributed by atoms with van der Waals surface area (Å²) in [5, 5.41) is 1.14. The molecule has 4 nitrogen and oxygen atoms in total. The van der Waals surface area contributed by atoms with Gasteiger partial charge in [-0.25, -0.2) is 9.59 Å². The summed E-state index contributed by atoms with van der Waals surface area (Å²) in [6.45, 7) is 1.69. The molecule has 0 saturated carbocycles. The van der Waals surface area contributed by atoms with Gasteiger partial charge in [0.25, 0.3) is 0 Å². The van der Waals surface area contributed by atoms with Gasteiger partial charge in [-0.2, -0.15) is 0 Å². The first-order valence-electron chi connectivity index (χ1n) is 6.94. The molecular formula is C18H13ClO4. The van der Waals surface area contributed by atoms with Gasteiger partial charge in [0.1, 0.15) is 11.1 Å². The van der Waals surface area contributed by atoms with E-state index in [0.29, 0.717) is 21.6 Å². The second-order valence-corrected chi connectivity index (χ2v) is 5.45. The van der Waals surface area contributed by atoms with Crippen LogP contribution in [0.1, 0.15) is 15.9 Å². The molecular weight excluding hydrogens is 316 g/mol. The van der Waals surface area contributed by atoms with Crippen LogP contribution in [0.15, 0.2) is 51.7 Å². The molecule has 0 aliphatic heterocycles. The maximum atomic E-state index is 12.1. The highest BCUT2D eigenvalue weighted by atomic mass is 35.5. The highest BCUT2D eigenvalue weighted by Crippen LogP contribution is 2.37. The van der Waals surface area contributed by atoms with Gasteiger partial charge in [-0.3, -0.25) is 0 Å². The van der Waals surface area contributed by atoms with E-state index < -0.39 is 11.6 Å². The minimum Gasteiger partial charge on any atom is -0.465 e. The molecule has 1 aromatic heterocycles. The number of rotatable bonds is 2. The molecule has 2 aromatic carbocycles. The van der Waals surface area contributed by atoms with Crippen molar-refractivity contribution in [2.45, 2.75) is 6.92 Å². The lowest BCUT2D eigenvalue weighted by Gasteiger charge is -2.12. The normalized spacial score (nSPS) is 10.7. The van der Waals surface area contributed by atoms with Gasteiger partial charge in [-0.05, 0) is 30.2 Å². The van der Waals surface area contributed by atoms with Crippen LogP contribution in [0.3, 0.4) is 0 Å². The predicted molar refractivity (Wildman–Crippen MR) is 89.0 cm³/mol. The molecule has 3 aromatic rings. The van der Waals surface area contributed by atoms with Crippen LogP contribution in [0, 0.1) is 6.92 Å². The van der Waals surface area contributed by atoms with Gasteiger partial charge in [0.05, 0.1) is 7.11 Å². The summed E-state index contributed by atoms with van der Waals surface area (Å²) in [6.07, 6.45) is 0. The number of halogens is 1. The molecule has 23 heavy (non-hydrogen) atoms. The Labute approximate surface area is 137 Å². The van der Waals surface area contributed by atoms with E-state index in [2.05, 4.69) is 0 Å². The quantitative estimate of drug-likeness (QED) is 0.522. The molecule has 5 heteroatoms. The summed E-state index contributed by atoms with van der Waals surface area (Å²) in [7, 11) is 1.22. The molecule has 0 atom stereocenters. The first-order chi connectivity index (χ1) is 11.0. The van der Waals surface area contributed by atoms with Crippen LogP contribution in [0.2, 0.25) is 5.02 Å². The number of aryl methyl sites for hydroxylation is 1. The Bertz CT molecular complexity index is 958. The Morgan fingerprint density at radius 3 is 2.48 bits per heavy atom. The lowest BCUT2D eigenvalue weighted by atomic mass is 9.96. The van der Waals surface area contributed by atoms with Gasteiger partial charge in [0.2, 0.25) is 0 Å². The molecule has 0 fully saturated rings. The first kappa shape index (κ1) is 15.3. The minimum absolute atomic E-state index is 0.112. The molecule has 3 rings (SSSR count). The number of methoxy groups -OCH3 is 1. The van der Waals surface area contributed by atoms with Crippen molar-refractivity contribution in [2.24, 2.45) is 0 Å². The zero-order valence-electron chi connectivity index (χ0n) is 12.6. The van der Waals surface area contributed by atoms with Crippen molar-refractivity contribution in [2.75, 3.05) is 7.11 Å². The maximum Gasteiger partial charge on any atom is 0.351 e. The highest BCUT2D eigenvalue weighted by molar-refractivity contribution is 6.35. The van der Waals surface area contributed by atoms with Crippen molar-refractivity contribution >= 4 is 28.5 Å². The van der Waals surface area contributed by atoms with E-state index in [0.717, 1.165) is 11.1 Å². The number of hydrogen-bond acceptors (Lipinski definition) is 4. The molecule has 116 valence electrons. The summed E-state index contributed by atoms with van der Waals surface area (Å²) < 4.78 is 9.99. The third-order valence-corrected chi connectivity index (χ3v) is 4.04. The average Bonchev–Trinajstić information content (AvgIpc) is 2.56. The lowest BCUT2D eigenvalue weighted by molar-refractivity contribution is 0.0595. The zero-order chi connectivity index (χ0) is 16.6. The third kappa shape index (κ3) is 2.51. The van der Waals surface area contributed by atoms with Gasteiger partial charge in [0.15, 0.2) is 0 Å². The molecule has 0 bridgehead atoms. The van der Waals surface area contributed by atoms with Crippen LogP contribution in [-0.4, -0.2) is 13.1 Å². The lowest BCUT2D eigenvalue weighted by Crippen LogP contribution is -2.17. The largest absolute Gasteiger partial charge is 0.465 e. The number of carbonyl (C=O) groups is 1. The van der Waals surface area contributed by atoms with E-state index in [-0.39, 0.29) is 5.56 Å². The monoisotopic (exact) mass is 328 g/mol. The fourth-order valence-electron chi connectivity index (χ4n) is 2.67. The zero-order valence-corrected chi connectivity index (χ0v) is 13.3. The van der Waals surface area contributed by atoms with Crippen molar-refractivity contribution in [3.63, 3.8) is 0 Å². The Hall–Kier alpha value is -2.59. The molecule has 0 saturated heterocycles. The smallest absolute Gasteiger partial charge is 0.351 e. The van der Waals surface area contributed by atoms with Crippen molar-refractivity contribution < 1.29 is 13.9 Å². The number of ether oxygens (including phenoxy) is 1. The van der Waals surface area contributed by atoms with Crippen molar-refractivity contribution in [1.82, 2.24) is 0 Å². The molecule has 0 aliphatic carbocycles. The van der Waals surface area contributed by atoms with Gasteiger partial charge >= 0.3 is 11.6 Å². The molecule has 0 radical (unpaired) electrons. The standard InChI is InChI=1S/C18H13ClO4/c1-10-14-13(23-18(21)15(10)17(20)22-2)9-8-12(19)16(14)11-6-4-3-5-7-11/h3-9H,1-2H3. The summed E-state index contributed by atoms with van der Waals surface area (Å²) in [5.74, 6) is -0.725. The molecule has 0 amide bonds. The molecule has 1 heterocycles. The van der Waals surface area contributed by atoms with E-state index in [4.69, 9.17) is 20.8 Å².